The van der Waals surface area contributed by atoms with E-state index in [0.29, 0.717) is 12.3 Å². The Hall–Kier alpha value is -3.93. The topological polar surface area (TPSA) is 77.7 Å². The van der Waals surface area contributed by atoms with Gasteiger partial charge in [-0.1, -0.05) is 87.4 Å². The molecule has 6 heteroatoms. The van der Waals surface area contributed by atoms with E-state index in [1.807, 2.05) is 36.4 Å². The molecule has 1 saturated heterocycles. The molecule has 2 atom stereocenters. The minimum Gasteiger partial charge on any atom is -0.342 e. The molecule has 2 aromatic heterocycles. The van der Waals surface area contributed by atoms with Crippen LogP contribution in [0.2, 0.25) is 0 Å². The number of H-pyrrole nitrogens is 2. The van der Waals surface area contributed by atoms with Crippen LogP contribution in [0.3, 0.4) is 0 Å². The van der Waals surface area contributed by atoms with Gasteiger partial charge in [0.05, 0.1) is 29.8 Å². The van der Waals surface area contributed by atoms with Crippen LogP contribution in [0.25, 0.3) is 33.6 Å². The largest absolute Gasteiger partial charge is 0.342 e. The standard InChI is InChI=1S/C33H39N5O/c1-4-6-9-23(3)32-34-21-28(36-32)26-16-12-24(13-17-26)25-14-18-27(19-15-25)29-22-35-33(37-29)30-10-8-20-38(30)31(39)11-7-5-2/h5,7,12-19,21-23,30H,4,6,8-11,20H2,1-3H3,(H,34,36)(H,35,37)/b7-5-. The van der Waals surface area contributed by atoms with Crippen molar-refractivity contribution in [2.75, 3.05) is 6.54 Å². The van der Waals surface area contributed by atoms with E-state index in [1.165, 1.54) is 24.0 Å². The van der Waals surface area contributed by atoms with Crippen LogP contribution in [0.1, 0.15) is 82.9 Å². The summed E-state index contributed by atoms with van der Waals surface area (Å²) in [5.41, 5.74) is 6.61. The Kier molecular flexibility index (Phi) is 8.40. The van der Waals surface area contributed by atoms with E-state index in [1.54, 1.807) is 0 Å². The average molecular weight is 522 g/mol. The van der Waals surface area contributed by atoms with Crippen LogP contribution in [0.5, 0.6) is 0 Å². The van der Waals surface area contributed by atoms with Gasteiger partial charge in [-0.05, 0) is 48.4 Å². The highest BCUT2D eigenvalue weighted by Gasteiger charge is 2.31. The van der Waals surface area contributed by atoms with Crippen LogP contribution in [0.4, 0.5) is 0 Å². The fourth-order valence-electron chi connectivity index (χ4n) is 5.40. The number of carbonyl (C=O) groups excluding carboxylic acids is 1. The van der Waals surface area contributed by atoms with Gasteiger partial charge in [-0.3, -0.25) is 4.79 Å². The molecule has 2 aromatic carbocycles. The van der Waals surface area contributed by atoms with Gasteiger partial charge in [0, 0.05) is 18.9 Å². The lowest BCUT2D eigenvalue weighted by Crippen LogP contribution is -2.30. The monoisotopic (exact) mass is 521 g/mol. The van der Waals surface area contributed by atoms with Crippen molar-refractivity contribution in [1.82, 2.24) is 24.8 Å². The molecule has 1 fully saturated rings. The van der Waals surface area contributed by atoms with E-state index in [4.69, 9.17) is 0 Å². The molecular formula is C33H39N5O. The van der Waals surface area contributed by atoms with Gasteiger partial charge in [0.25, 0.3) is 0 Å². The molecule has 5 rings (SSSR count). The summed E-state index contributed by atoms with van der Waals surface area (Å²) in [7, 11) is 0. The molecule has 1 aliphatic heterocycles. The van der Waals surface area contributed by atoms with Gasteiger partial charge in [0.15, 0.2) is 0 Å². The number of aromatic amines is 2. The van der Waals surface area contributed by atoms with Crippen molar-refractivity contribution in [3.63, 3.8) is 0 Å². The van der Waals surface area contributed by atoms with E-state index in [-0.39, 0.29) is 11.9 Å². The molecule has 0 saturated carbocycles. The predicted octanol–water partition coefficient (Wildman–Crippen LogP) is 8.06. The van der Waals surface area contributed by atoms with Crippen LogP contribution in [0, 0.1) is 0 Å². The summed E-state index contributed by atoms with van der Waals surface area (Å²) in [5, 5.41) is 0. The molecule has 1 aliphatic rings. The number of hydrogen-bond donors (Lipinski definition) is 2. The van der Waals surface area contributed by atoms with Crippen LogP contribution in [-0.4, -0.2) is 37.3 Å². The lowest BCUT2D eigenvalue weighted by atomic mass is 10.0. The quantitative estimate of drug-likeness (QED) is 0.207. The molecule has 4 aromatic rings. The first-order valence-corrected chi connectivity index (χ1v) is 14.3. The zero-order valence-electron chi connectivity index (χ0n) is 23.3. The lowest BCUT2D eigenvalue weighted by molar-refractivity contribution is -0.131. The highest BCUT2D eigenvalue weighted by atomic mass is 16.2. The number of hydrogen-bond acceptors (Lipinski definition) is 3. The maximum atomic E-state index is 12.6. The van der Waals surface area contributed by atoms with Gasteiger partial charge in [-0.25, -0.2) is 9.97 Å². The number of nitrogens with zero attached hydrogens (tertiary/aromatic N) is 3. The van der Waals surface area contributed by atoms with Crippen molar-refractivity contribution in [2.24, 2.45) is 0 Å². The number of allylic oxidation sites excluding steroid dienone is 1. The second-order valence-corrected chi connectivity index (χ2v) is 10.6. The molecule has 1 amide bonds. The summed E-state index contributed by atoms with van der Waals surface area (Å²) in [4.78, 5) is 30.9. The Balaban J connectivity index is 1.25. The average Bonchev–Trinajstić information content (AvgIpc) is 3.75. The Morgan fingerprint density at radius 2 is 1.59 bits per heavy atom. The fraction of sp³-hybridized carbons (Fsp3) is 0.364. The van der Waals surface area contributed by atoms with Crippen molar-refractivity contribution in [2.45, 2.75) is 71.3 Å². The molecule has 0 aliphatic carbocycles. The summed E-state index contributed by atoms with van der Waals surface area (Å²) in [6.07, 6.45) is 13.7. The third-order valence-corrected chi connectivity index (χ3v) is 7.79. The Morgan fingerprint density at radius 3 is 2.23 bits per heavy atom. The molecule has 39 heavy (non-hydrogen) atoms. The maximum Gasteiger partial charge on any atom is 0.226 e. The molecule has 2 N–H and O–H groups in total. The van der Waals surface area contributed by atoms with E-state index < -0.39 is 0 Å². The smallest absolute Gasteiger partial charge is 0.226 e. The first kappa shape index (κ1) is 26.7. The van der Waals surface area contributed by atoms with Crippen LogP contribution < -0.4 is 0 Å². The highest BCUT2D eigenvalue weighted by molar-refractivity contribution is 5.78. The third kappa shape index (κ3) is 6.06. The van der Waals surface area contributed by atoms with E-state index in [2.05, 4.69) is 82.3 Å². The zero-order valence-corrected chi connectivity index (χ0v) is 23.3. The molecule has 6 nitrogen and oxygen atoms in total. The maximum absolute atomic E-state index is 12.6. The minimum absolute atomic E-state index is 0.0276. The number of aromatic nitrogens is 4. The van der Waals surface area contributed by atoms with Crippen molar-refractivity contribution >= 4 is 5.91 Å². The number of imidazole rings is 2. The van der Waals surface area contributed by atoms with Crippen molar-refractivity contribution < 1.29 is 4.79 Å². The Morgan fingerprint density at radius 1 is 0.974 bits per heavy atom. The number of amides is 1. The van der Waals surface area contributed by atoms with E-state index in [9.17, 15) is 4.79 Å². The highest BCUT2D eigenvalue weighted by Crippen LogP contribution is 2.33. The summed E-state index contributed by atoms with van der Waals surface area (Å²) >= 11 is 0. The van der Waals surface area contributed by atoms with Gasteiger partial charge in [0.2, 0.25) is 5.91 Å². The molecule has 202 valence electrons. The van der Waals surface area contributed by atoms with Crippen molar-refractivity contribution in [3.05, 3.63) is 84.7 Å². The summed E-state index contributed by atoms with van der Waals surface area (Å²) in [6.45, 7) is 7.21. The summed E-state index contributed by atoms with van der Waals surface area (Å²) in [6, 6.07) is 17.2. The first-order valence-electron chi connectivity index (χ1n) is 14.3. The van der Waals surface area contributed by atoms with Gasteiger partial charge >= 0.3 is 0 Å². The fourth-order valence-corrected chi connectivity index (χ4v) is 5.40. The number of nitrogens with one attached hydrogen (secondary N) is 2. The van der Waals surface area contributed by atoms with Crippen LogP contribution in [-0.2, 0) is 4.79 Å². The number of benzene rings is 2. The normalized spacial score (nSPS) is 16.3. The van der Waals surface area contributed by atoms with Gasteiger partial charge < -0.3 is 14.9 Å². The summed E-state index contributed by atoms with van der Waals surface area (Å²) < 4.78 is 0. The molecule has 2 unspecified atom stereocenters. The molecule has 0 spiro atoms. The number of carbonyl (C=O) groups is 1. The Labute approximate surface area is 231 Å². The second kappa shape index (κ2) is 12.3. The molecule has 3 heterocycles. The zero-order chi connectivity index (χ0) is 27.2. The van der Waals surface area contributed by atoms with Crippen LogP contribution in [0.15, 0.2) is 73.1 Å². The van der Waals surface area contributed by atoms with E-state index in [0.717, 1.165) is 60.0 Å². The Bertz CT molecular complexity index is 1400. The van der Waals surface area contributed by atoms with Gasteiger partial charge in [0.1, 0.15) is 11.6 Å². The second-order valence-electron chi connectivity index (χ2n) is 10.6. The number of unbranched alkanes of at least 4 members (excludes halogenated alkanes) is 1. The van der Waals surface area contributed by atoms with E-state index >= 15 is 0 Å². The minimum atomic E-state index is 0.0276. The molecule has 0 bridgehead atoms. The van der Waals surface area contributed by atoms with Crippen molar-refractivity contribution in [3.8, 4) is 33.6 Å². The molecule has 0 radical (unpaired) electrons. The predicted molar refractivity (Wildman–Crippen MR) is 158 cm³/mol. The molecular weight excluding hydrogens is 482 g/mol. The SMILES string of the molecule is C/C=C\CC(=O)N1CCCC1c1ncc(-c2ccc(-c3ccc(-c4cnc(C(C)CCCC)[nH]4)cc3)cc2)[nH]1. The van der Waals surface area contributed by atoms with Crippen molar-refractivity contribution in [1.29, 1.82) is 0 Å². The number of likely N-dealkylation sites (tertiary alicyclic amines) is 1. The summed E-state index contributed by atoms with van der Waals surface area (Å²) in [5.74, 6) is 2.56. The third-order valence-electron chi connectivity index (χ3n) is 7.79. The van der Waals surface area contributed by atoms with Gasteiger partial charge in [-0.15, -0.1) is 0 Å². The number of rotatable bonds is 10. The van der Waals surface area contributed by atoms with Gasteiger partial charge in [-0.2, -0.15) is 0 Å². The first-order chi connectivity index (χ1) is 19.1. The van der Waals surface area contributed by atoms with Crippen LogP contribution >= 0.6 is 0 Å². The lowest BCUT2D eigenvalue weighted by Gasteiger charge is -2.22.